The summed E-state index contributed by atoms with van der Waals surface area (Å²) in [6, 6.07) is 9.41. The molecule has 0 radical (unpaired) electrons. The van der Waals surface area contributed by atoms with Crippen LogP contribution in [0.15, 0.2) is 36.5 Å². The highest BCUT2D eigenvalue weighted by molar-refractivity contribution is 5.70. The van der Waals surface area contributed by atoms with Crippen molar-refractivity contribution in [1.29, 1.82) is 0 Å². The summed E-state index contributed by atoms with van der Waals surface area (Å²) >= 11 is 0. The van der Waals surface area contributed by atoms with Gasteiger partial charge in [0.05, 0.1) is 6.42 Å². The van der Waals surface area contributed by atoms with Crippen molar-refractivity contribution < 1.29 is 14.6 Å². The monoisotopic (exact) mass is 269 g/mol. The molecule has 0 amide bonds. The molecule has 1 aromatic carbocycles. The van der Waals surface area contributed by atoms with Crippen LogP contribution in [0.1, 0.15) is 30.5 Å². The van der Waals surface area contributed by atoms with Crippen molar-refractivity contribution in [1.82, 2.24) is 4.98 Å². The van der Waals surface area contributed by atoms with Gasteiger partial charge in [-0.25, -0.2) is 4.98 Å². The Morgan fingerprint density at radius 1 is 1.30 bits per heavy atom. The summed E-state index contributed by atoms with van der Waals surface area (Å²) < 4.78 is 5.81. The minimum atomic E-state index is -0.832. The molecule has 4 nitrogen and oxygen atoms in total. The number of aliphatic carboxylic acids is 1. The average molecular weight is 269 g/mol. The van der Waals surface area contributed by atoms with Gasteiger partial charge in [-0.1, -0.05) is 32.0 Å². The largest absolute Gasteiger partial charge is 0.481 e. The lowest BCUT2D eigenvalue weighted by Crippen LogP contribution is -2.25. The van der Waals surface area contributed by atoms with E-state index < -0.39 is 5.97 Å². The van der Waals surface area contributed by atoms with Crippen molar-refractivity contribution in [3.63, 3.8) is 0 Å². The molecule has 0 atom stereocenters. The molecule has 0 spiro atoms. The number of aromatic nitrogens is 1. The van der Waals surface area contributed by atoms with E-state index in [4.69, 9.17) is 9.84 Å². The number of pyridine rings is 1. The van der Waals surface area contributed by atoms with Crippen LogP contribution in [-0.2, 0) is 16.6 Å². The average Bonchev–Trinajstić information content (AvgIpc) is 2.39. The molecular formula is C16H15NO3. The lowest BCUT2D eigenvalue weighted by molar-refractivity contribution is -0.136. The van der Waals surface area contributed by atoms with Gasteiger partial charge in [-0.05, 0) is 17.7 Å². The molecule has 1 N–H and O–H groups in total. The first-order chi connectivity index (χ1) is 9.48. The van der Waals surface area contributed by atoms with Crippen LogP contribution in [0.4, 0.5) is 0 Å². The second kappa shape index (κ2) is 4.34. The van der Waals surface area contributed by atoms with E-state index in [1.54, 1.807) is 12.3 Å². The third-order valence-corrected chi connectivity index (χ3v) is 3.72. The number of fused-ring (bicyclic) bond motifs is 2. The molecule has 4 heteroatoms. The predicted octanol–water partition coefficient (Wildman–Crippen LogP) is 3.14. The Bertz CT molecular complexity index is 692. The molecule has 1 aliphatic heterocycles. The Labute approximate surface area is 117 Å². The maximum atomic E-state index is 10.9. The van der Waals surface area contributed by atoms with Gasteiger partial charge < -0.3 is 9.84 Å². The van der Waals surface area contributed by atoms with E-state index in [1.165, 1.54) is 0 Å². The fraction of sp³-hybridized carbons (Fsp3) is 0.250. The number of carbonyl (C=O) groups is 1. The highest BCUT2D eigenvalue weighted by Crippen LogP contribution is 2.46. The van der Waals surface area contributed by atoms with Crippen molar-refractivity contribution >= 4 is 5.97 Å². The summed E-state index contributed by atoms with van der Waals surface area (Å²) in [7, 11) is 0. The third-order valence-electron chi connectivity index (χ3n) is 3.72. The predicted molar refractivity (Wildman–Crippen MR) is 74.2 cm³/mol. The van der Waals surface area contributed by atoms with Crippen molar-refractivity contribution in [2.24, 2.45) is 0 Å². The van der Waals surface area contributed by atoms with Crippen molar-refractivity contribution in [3.05, 3.63) is 53.2 Å². The molecule has 0 bridgehead atoms. The van der Waals surface area contributed by atoms with Crippen LogP contribution >= 0.6 is 0 Å². The van der Waals surface area contributed by atoms with E-state index >= 15 is 0 Å². The van der Waals surface area contributed by atoms with Gasteiger partial charge in [-0.15, -0.1) is 0 Å². The van der Waals surface area contributed by atoms with Crippen LogP contribution in [0.5, 0.6) is 11.6 Å². The number of hydrogen-bond acceptors (Lipinski definition) is 3. The number of ether oxygens (including phenoxy) is 1. The van der Waals surface area contributed by atoms with Crippen LogP contribution in [0.2, 0.25) is 0 Å². The lowest BCUT2D eigenvalue weighted by atomic mass is 9.76. The number of hydrogen-bond donors (Lipinski definition) is 1. The van der Waals surface area contributed by atoms with Gasteiger partial charge in [0, 0.05) is 22.7 Å². The van der Waals surface area contributed by atoms with E-state index in [9.17, 15) is 4.79 Å². The van der Waals surface area contributed by atoms with E-state index in [0.717, 1.165) is 22.4 Å². The van der Waals surface area contributed by atoms with Crippen LogP contribution in [0.3, 0.4) is 0 Å². The highest BCUT2D eigenvalue weighted by atomic mass is 16.5. The Balaban J connectivity index is 2.12. The molecule has 1 aliphatic rings. The van der Waals surface area contributed by atoms with Crippen molar-refractivity contribution in [3.8, 4) is 11.6 Å². The highest BCUT2D eigenvalue weighted by Gasteiger charge is 2.34. The number of rotatable bonds is 2. The molecule has 0 fully saturated rings. The van der Waals surface area contributed by atoms with Gasteiger partial charge in [0.2, 0.25) is 5.88 Å². The molecule has 0 aliphatic carbocycles. The molecule has 0 unspecified atom stereocenters. The van der Waals surface area contributed by atoms with Crippen LogP contribution in [-0.4, -0.2) is 16.1 Å². The summed E-state index contributed by atoms with van der Waals surface area (Å²) in [5, 5.41) is 8.92. The number of benzene rings is 1. The van der Waals surface area contributed by atoms with Gasteiger partial charge >= 0.3 is 5.97 Å². The van der Waals surface area contributed by atoms with E-state index in [1.807, 2.05) is 24.3 Å². The van der Waals surface area contributed by atoms with Gasteiger partial charge in [0.15, 0.2) is 0 Å². The first-order valence-electron chi connectivity index (χ1n) is 6.47. The van der Waals surface area contributed by atoms with Gasteiger partial charge in [0.1, 0.15) is 5.75 Å². The maximum absolute atomic E-state index is 10.9. The molecule has 0 saturated carbocycles. The normalized spacial score (nSPS) is 14.9. The van der Waals surface area contributed by atoms with Gasteiger partial charge in [-0.3, -0.25) is 4.79 Å². The summed E-state index contributed by atoms with van der Waals surface area (Å²) in [6.45, 7) is 4.19. The molecule has 102 valence electrons. The molecule has 2 aromatic rings. The fourth-order valence-electron chi connectivity index (χ4n) is 2.64. The summed E-state index contributed by atoms with van der Waals surface area (Å²) in [5.41, 5.74) is 2.53. The fourth-order valence-corrected chi connectivity index (χ4v) is 2.64. The second-order valence-corrected chi connectivity index (χ2v) is 5.48. The standard InChI is InChI=1S/C16H15NO3/c1-16(2)11-4-3-7-17-15(11)20-13-6-5-10(8-12(13)16)9-14(18)19/h3-8H,9H2,1-2H3,(H,18,19). The Hall–Kier alpha value is -2.36. The zero-order chi connectivity index (χ0) is 14.3. The molecule has 1 aromatic heterocycles. The minimum absolute atomic E-state index is 0.0171. The summed E-state index contributed by atoms with van der Waals surface area (Å²) in [5.74, 6) is 0.535. The smallest absolute Gasteiger partial charge is 0.307 e. The third kappa shape index (κ3) is 1.93. The lowest BCUT2D eigenvalue weighted by Gasteiger charge is -2.33. The molecule has 20 heavy (non-hydrogen) atoms. The molecule has 0 saturated heterocycles. The van der Waals surface area contributed by atoms with E-state index in [2.05, 4.69) is 18.8 Å². The van der Waals surface area contributed by atoms with Crippen LogP contribution in [0, 0.1) is 0 Å². The molecule has 3 rings (SSSR count). The number of carboxylic acid groups (broad SMARTS) is 1. The van der Waals surface area contributed by atoms with Crippen LogP contribution < -0.4 is 4.74 Å². The topological polar surface area (TPSA) is 59.4 Å². The van der Waals surface area contributed by atoms with Crippen molar-refractivity contribution in [2.45, 2.75) is 25.7 Å². The zero-order valence-corrected chi connectivity index (χ0v) is 11.4. The summed E-state index contributed by atoms with van der Waals surface area (Å²) in [4.78, 5) is 15.1. The maximum Gasteiger partial charge on any atom is 0.307 e. The Kier molecular flexibility index (Phi) is 2.74. The molecular weight excluding hydrogens is 254 g/mol. The second-order valence-electron chi connectivity index (χ2n) is 5.48. The first kappa shape index (κ1) is 12.7. The number of nitrogens with zero attached hydrogens (tertiary/aromatic N) is 1. The Morgan fingerprint density at radius 2 is 2.10 bits per heavy atom. The van der Waals surface area contributed by atoms with Gasteiger partial charge in [-0.2, -0.15) is 0 Å². The van der Waals surface area contributed by atoms with Crippen LogP contribution in [0.25, 0.3) is 0 Å². The summed E-state index contributed by atoms with van der Waals surface area (Å²) in [6.07, 6.45) is 1.72. The van der Waals surface area contributed by atoms with E-state index in [-0.39, 0.29) is 11.8 Å². The quantitative estimate of drug-likeness (QED) is 0.909. The molecule has 2 heterocycles. The van der Waals surface area contributed by atoms with Gasteiger partial charge in [0.25, 0.3) is 0 Å². The zero-order valence-electron chi connectivity index (χ0n) is 11.4. The minimum Gasteiger partial charge on any atom is -0.481 e. The number of carboxylic acids is 1. The Morgan fingerprint density at radius 3 is 2.85 bits per heavy atom. The van der Waals surface area contributed by atoms with E-state index in [0.29, 0.717) is 5.88 Å². The first-order valence-corrected chi connectivity index (χ1v) is 6.47. The van der Waals surface area contributed by atoms with Crippen molar-refractivity contribution in [2.75, 3.05) is 0 Å². The SMILES string of the molecule is CC1(C)c2cc(CC(=O)O)ccc2Oc2ncccc21.